The van der Waals surface area contributed by atoms with E-state index >= 15 is 0 Å². The van der Waals surface area contributed by atoms with Crippen LogP contribution in [0, 0.1) is 5.82 Å². The van der Waals surface area contributed by atoms with E-state index < -0.39 is 0 Å². The minimum absolute atomic E-state index is 0.0822. The molecule has 0 atom stereocenters. The molecule has 4 N–H and O–H groups in total. The Kier molecular flexibility index (Phi) is 3.96. The lowest BCUT2D eigenvalue weighted by Crippen LogP contribution is -2.06. The summed E-state index contributed by atoms with van der Waals surface area (Å²) in [5.41, 5.74) is 11.6. The van der Waals surface area contributed by atoms with Crippen LogP contribution in [0.2, 0.25) is 0 Å². The molecule has 4 rings (SSSR count). The van der Waals surface area contributed by atoms with Crippen LogP contribution in [-0.2, 0) is 5.75 Å². The van der Waals surface area contributed by atoms with Gasteiger partial charge in [0.25, 0.3) is 0 Å². The van der Waals surface area contributed by atoms with E-state index in [-0.39, 0.29) is 17.7 Å². The molecule has 0 radical (unpaired) electrons. The Morgan fingerprint density at radius 2 is 1.80 bits per heavy atom. The number of anilines is 2. The second kappa shape index (κ2) is 6.28. The molecular formula is C15H15FN8S. The highest BCUT2D eigenvalue weighted by Crippen LogP contribution is 2.41. The molecule has 0 bridgehead atoms. The van der Waals surface area contributed by atoms with E-state index in [1.165, 1.54) is 17.8 Å². The molecule has 1 aromatic carbocycles. The summed E-state index contributed by atoms with van der Waals surface area (Å²) in [7, 11) is 0. The van der Waals surface area contributed by atoms with Crippen molar-refractivity contribution in [2.45, 2.75) is 29.8 Å². The number of rotatable bonds is 5. The Labute approximate surface area is 146 Å². The highest BCUT2D eigenvalue weighted by Gasteiger charge is 2.31. The quantitative estimate of drug-likeness (QED) is 0.665. The van der Waals surface area contributed by atoms with Gasteiger partial charge in [0.1, 0.15) is 11.6 Å². The van der Waals surface area contributed by atoms with Crippen LogP contribution in [0.5, 0.6) is 0 Å². The molecule has 2 heterocycles. The first kappa shape index (κ1) is 15.8. The minimum atomic E-state index is -0.314. The van der Waals surface area contributed by atoms with E-state index in [0.717, 1.165) is 12.8 Å². The summed E-state index contributed by atoms with van der Waals surface area (Å²) in [5.74, 6) is 1.27. The van der Waals surface area contributed by atoms with Crippen molar-refractivity contribution in [2.24, 2.45) is 0 Å². The highest BCUT2D eigenvalue weighted by atomic mass is 32.2. The van der Waals surface area contributed by atoms with Crippen molar-refractivity contribution in [2.75, 3.05) is 11.5 Å². The molecule has 25 heavy (non-hydrogen) atoms. The smallest absolute Gasteiger partial charge is 0.225 e. The van der Waals surface area contributed by atoms with Crippen molar-refractivity contribution in [3.8, 4) is 11.4 Å². The first-order chi connectivity index (χ1) is 12.1. The van der Waals surface area contributed by atoms with E-state index in [9.17, 15) is 4.39 Å². The number of halogens is 1. The summed E-state index contributed by atoms with van der Waals surface area (Å²) < 4.78 is 16.1. The molecule has 8 nitrogen and oxygen atoms in total. The molecule has 2 aromatic heterocycles. The Hall–Kier alpha value is -2.75. The van der Waals surface area contributed by atoms with Crippen LogP contribution in [0.25, 0.3) is 11.4 Å². The Balaban J connectivity index is 1.63. The van der Waals surface area contributed by atoms with E-state index in [0.29, 0.717) is 34.2 Å². The predicted molar refractivity (Wildman–Crippen MR) is 91.9 cm³/mol. The Bertz CT molecular complexity index is 903. The summed E-state index contributed by atoms with van der Waals surface area (Å²) >= 11 is 1.41. The third kappa shape index (κ3) is 3.25. The molecule has 1 aliphatic rings. The van der Waals surface area contributed by atoms with E-state index in [4.69, 9.17) is 11.5 Å². The van der Waals surface area contributed by atoms with Gasteiger partial charge in [-0.15, -0.1) is 10.2 Å². The number of nitrogens with two attached hydrogens (primary N) is 2. The average Bonchev–Trinajstić information content (AvgIpc) is 3.32. The van der Waals surface area contributed by atoms with Gasteiger partial charge in [0.05, 0.1) is 11.3 Å². The van der Waals surface area contributed by atoms with Gasteiger partial charge in [-0.25, -0.2) is 4.39 Å². The van der Waals surface area contributed by atoms with Gasteiger partial charge in [-0.05, 0) is 25.0 Å². The Morgan fingerprint density at radius 3 is 2.48 bits per heavy atom. The average molecular weight is 358 g/mol. The molecule has 0 aliphatic heterocycles. The van der Waals surface area contributed by atoms with Crippen LogP contribution in [-0.4, -0.2) is 29.7 Å². The number of nitrogen functional groups attached to an aromatic ring is 2. The van der Waals surface area contributed by atoms with Crippen LogP contribution in [0.4, 0.5) is 16.3 Å². The lowest BCUT2D eigenvalue weighted by Gasteiger charge is -2.09. The summed E-state index contributed by atoms with van der Waals surface area (Å²) in [6.07, 6.45) is 2.05. The summed E-state index contributed by atoms with van der Waals surface area (Å²) in [4.78, 5) is 11.9. The third-order valence-corrected chi connectivity index (χ3v) is 4.68. The largest absolute Gasteiger partial charge is 0.368 e. The van der Waals surface area contributed by atoms with Crippen molar-refractivity contribution in [3.05, 3.63) is 35.9 Å². The van der Waals surface area contributed by atoms with Crippen molar-refractivity contribution >= 4 is 23.7 Å². The molecule has 10 heteroatoms. The lowest BCUT2D eigenvalue weighted by atomic mass is 10.2. The minimum Gasteiger partial charge on any atom is -0.368 e. The summed E-state index contributed by atoms with van der Waals surface area (Å²) in [5, 5.41) is 9.13. The van der Waals surface area contributed by atoms with Crippen LogP contribution < -0.4 is 11.5 Å². The third-order valence-electron chi connectivity index (χ3n) is 3.74. The zero-order chi connectivity index (χ0) is 17.4. The molecule has 3 aromatic rings. The van der Waals surface area contributed by atoms with Crippen molar-refractivity contribution in [1.82, 2.24) is 29.7 Å². The van der Waals surface area contributed by atoms with Crippen molar-refractivity contribution in [3.63, 3.8) is 0 Å². The Morgan fingerprint density at radius 1 is 1.08 bits per heavy atom. The van der Waals surface area contributed by atoms with Crippen molar-refractivity contribution in [1.29, 1.82) is 0 Å². The van der Waals surface area contributed by atoms with Gasteiger partial charge >= 0.3 is 0 Å². The molecule has 0 amide bonds. The fourth-order valence-electron chi connectivity index (χ4n) is 2.51. The van der Waals surface area contributed by atoms with E-state index in [2.05, 4.69) is 25.1 Å². The molecule has 0 saturated heterocycles. The summed E-state index contributed by atoms with van der Waals surface area (Å²) in [6, 6.07) is 6.86. The second-order valence-electron chi connectivity index (χ2n) is 5.64. The first-order valence-electron chi connectivity index (χ1n) is 7.70. The fraction of sp³-hybridized carbons (Fsp3) is 0.267. The zero-order valence-electron chi connectivity index (χ0n) is 13.1. The number of hydrogen-bond acceptors (Lipinski definition) is 8. The van der Waals surface area contributed by atoms with Gasteiger partial charge in [-0.3, -0.25) is 4.57 Å². The number of thioether (sulfide) groups is 1. The molecular weight excluding hydrogens is 343 g/mol. The SMILES string of the molecule is Nc1nc(N)nc(CSc2nnc(-c3ccccc3F)n2C2CC2)n1. The van der Waals surface area contributed by atoms with Gasteiger partial charge in [-0.1, -0.05) is 23.9 Å². The lowest BCUT2D eigenvalue weighted by molar-refractivity contribution is 0.622. The maximum Gasteiger partial charge on any atom is 0.225 e. The summed E-state index contributed by atoms with van der Waals surface area (Å²) in [6.45, 7) is 0. The van der Waals surface area contributed by atoms with E-state index in [1.54, 1.807) is 18.2 Å². The normalized spacial score (nSPS) is 14.0. The van der Waals surface area contributed by atoms with Gasteiger partial charge in [0.15, 0.2) is 11.0 Å². The standard InChI is InChI=1S/C15H15FN8S/c16-10-4-2-1-3-9(10)12-22-23-15(24(12)8-5-6-8)25-7-11-19-13(17)21-14(18)20-11/h1-4,8H,5-7H2,(H4,17,18,19,20,21). The number of benzene rings is 1. The number of hydrogen-bond donors (Lipinski definition) is 2. The molecule has 1 aliphatic carbocycles. The van der Waals surface area contributed by atoms with Crippen molar-refractivity contribution < 1.29 is 4.39 Å². The zero-order valence-corrected chi connectivity index (χ0v) is 13.9. The second-order valence-corrected chi connectivity index (χ2v) is 6.59. The van der Waals surface area contributed by atoms with Crippen LogP contribution >= 0.6 is 11.8 Å². The predicted octanol–water partition coefficient (Wildman–Crippen LogP) is 2.06. The molecule has 128 valence electrons. The molecule has 1 fully saturated rings. The molecule has 1 saturated carbocycles. The van der Waals surface area contributed by atoms with Gasteiger partial charge in [0, 0.05) is 6.04 Å². The number of aromatic nitrogens is 6. The maximum atomic E-state index is 14.1. The maximum absolute atomic E-state index is 14.1. The number of nitrogens with zero attached hydrogens (tertiary/aromatic N) is 6. The molecule has 0 unspecified atom stereocenters. The van der Waals surface area contributed by atoms with Gasteiger partial charge < -0.3 is 11.5 Å². The van der Waals surface area contributed by atoms with Crippen LogP contribution in [0.1, 0.15) is 24.7 Å². The monoisotopic (exact) mass is 358 g/mol. The van der Waals surface area contributed by atoms with Gasteiger partial charge in [-0.2, -0.15) is 15.0 Å². The fourth-order valence-corrected chi connectivity index (χ4v) is 3.37. The topological polar surface area (TPSA) is 121 Å². The first-order valence-corrected chi connectivity index (χ1v) is 8.69. The van der Waals surface area contributed by atoms with Crippen LogP contribution in [0.3, 0.4) is 0 Å². The van der Waals surface area contributed by atoms with Gasteiger partial charge in [0.2, 0.25) is 11.9 Å². The van der Waals surface area contributed by atoms with E-state index in [1.807, 2.05) is 4.57 Å². The molecule has 0 spiro atoms. The highest BCUT2D eigenvalue weighted by molar-refractivity contribution is 7.98. The van der Waals surface area contributed by atoms with Crippen LogP contribution in [0.15, 0.2) is 29.4 Å².